The molecule has 0 radical (unpaired) electrons. The average molecular weight is 308 g/mol. The number of nitrogens with one attached hydrogen (secondary N) is 1. The van der Waals surface area contributed by atoms with Crippen molar-refractivity contribution < 1.29 is 8.42 Å². The Labute approximate surface area is 125 Å². The standard InChI is InChI=1S/C14H20N4O2S/c1-4-9-18-13(10-16-17-18)14(15-2)11-5-7-12(8-6-11)21(3,19)20/h5-8,10,14-15H,4,9H2,1-3H3. The fourth-order valence-corrected chi connectivity index (χ4v) is 2.90. The van der Waals surface area contributed by atoms with Gasteiger partial charge in [-0.2, -0.15) is 0 Å². The van der Waals surface area contributed by atoms with Gasteiger partial charge < -0.3 is 5.32 Å². The Morgan fingerprint density at radius 3 is 2.48 bits per heavy atom. The summed E-state index contributed by atoms with van der Waals surface area (Å²) in [7, 11) is -1.31. The van der Waals surface area contributed by atoms with Crippen LogP contribution >= 0.6 is 0 Å². The molecule has 0 amide bonds. The Bertz CT molecular complexity index is 692. The molecule has 0 fully saturated rings. The van der Waals surface area contributed by atoms with E-state index in [0.29, 0.717) is 4.90 Å². The highest BCUT2D eigenvalue weighted by atomic mass is 32.2. The molecule has 0 aliphatic carbocycles. The van der Waals surface area contributed by atoms with Crippen LogP contribution in [0.4, 0.5) is 0 Å². The first-order valence-electron chi connectivity index (χ1n) is 6.83. The van der Waals surface area contributed by atoms with Gasteiger partial charge in [-0.1, -0.05) is 24.3 Å². The zero-order chi connectivity index (χ0) is 15.5. The lowest BCUT2D eigenvalue weighted by Gasteiger charge is -2.17. The fraction of sp³-hybridized carbons (Fsp3) is 0.429. The third kappa shape index (κ3) is 3.48. The third-order valence-corrected chi connectivity index (χ3v) is 4.44. The summed E-state index contributed by atoms with van der Waals surface area (Å²) in [4.78, 5) is 0.321. The normalized spacial score (nSPS) is 13.3. The summed E-state index contributed by atoms with van der Waals surface area (Å²) in [5.74, 6) is 0. The second kappa shape index (κ2) is 6.36. The zero-order valence-corrected chi connectivity index (χ0v) is 13.3. The van der Waals surface area contributed by atoms with Gasteiger partial charge in [-0.15, -0.1) is 5.10 Å². The van der Waals surface area contributed by atoms with E-state index < -0.39 is 9.84 Å². The SMILES string of the molecule is CCCn1nncc1C(NC)c1ccc(S(C)(=O)=O)cc1. The number of aryl methyl sites for hydroxylation is 1. The van der Waals surface area contributed by atoms with Crippen molar-refractivity contribution >= 4 is 9.84 Å². The van der Waals surface area contributed by atoms with E-state index in [9.17, 15) is 8.42 Å². The predicted octanol–water partition coefficient (Wildman–Crippen LogP) is 1.40. The first kappa shape index (κ1) is 15.7. The molecule has 2 aromatic rings. The molecule has 2 rings (SSSR count). The molecule has 0 bridgehead atoms. The van der Waals surface area contributed by atoms with Crippen LogP contribution in [0, 0.1) is 0 Å². The quantitative estimate of drug-likeness (QED) is 0.873. The number of hydrogen-bond acceptors (Lipinski definition) is 5. The van der Waals surface area contributed by atoms with Gasteiger partial charge in [-0.05, 0) is 31.2 Å². The highest BCUT2D eigenvalue weighted by molar-refractivity contribution is 7.90. The summed E-state index contributed by atoms with van der Waals surface area (Å²) in [5.41, 5.74) is 1.94. The monoisotopic (exact) mass is 308 g/mol. The Hall–Kier alpha value is -1.73. The van der Waals surface area contributed by atoms with Crippen molar-refractivity contribution in [3.8, 4) is 0 Å². The largest absolute Gasteiger partial charge is 0.308 e. The molecule has 1 aromatic carbocycles. The van der Waals surface area contributed by atoms with Crippen LogP contribution in [0.3, 0.4) is 0 Å². The van der Waals surface area contributed by atoms with Gasteiger partial charge in [0.25, 0.3) is 0 Å². The molecular weight excluding hydrogens is 288 g/mol. The smallest absolute Gasteiger partial charge is 0.175 e. The molecule has 1 heterocycles. The van der Waals surface area contributed by atoms with Crippen molar-refractivity contribution in [1.82, 2.24) is 20.3 Å². The van der Waals surface area contributed by atoms with E-state index in [2.05, 4.69) is 22.6 Å². The summed E-state index contributed by atoms with van der Waals surface area (Å²) in [6.07, 6.45) is 3.92. The first-order valence-corrected chi connectivity index (χ1v) is 8.72. The molecule has 1 unspecified atom stereocenters. The van der Waals surface area contributed by atoms with E-state index in [0.717, 1.165) is 24.2 Å². The molecule has 1 atom stereocenters. The summed E-state index contributed by atoms with van der Waals surface area (Å²) >= 11 is 0. The second-order valence-corrected chi connectivity index (χ2v) is 6.96. The molecule has 0 aliphatic heterocycles. The van der Waals surface area contributed by atoms with Gasteiger partial charge in [-0.25, -0.2) is 13.1 Å². The van der Waals surface area contributed by atoms with E-state index in [1.54, 1.807) is 18.3 Å². The number of benzene rings is 1. The molecule has 6 nitrogen and oxygen atoms in total. The van der Waals surface area contributed by atoms with Crippen LogP contribution in [0.25, 0.3) is 0 Å². The number of aromatic nitrogens is 3. The lowest BCUT2D eigenvalue weighted by molar-refractivity contribution is 0.523. The molecule has 0 saturated carbocycles. The first-order chi connectivity index (χ1) is 9.97. The number of hydrogen-bond donors (Lipinski definition) is 1. The average Bonchev–Trinajstić information content (AvgIpc) is 2.88. The van der Waals surface area contributed by atoms with Crippen LogP contribution < -0.4 is 5.32 Å². The molecule has 0 spiro atoms. The fourth-order valence-electron chi connectivity index (χ4n) is 2.27. The lowest BCUT2D eigenvalue weighted by atomic mass is 10.0. The Kier molecular flexibility index (Phi) is 4.74. The van der Waals surface area contributed by atoms with E-state index >= 15 is 0 Å². The Morgan fingerprint density at radius 1 is 1.29 bits per heavy atom. The van der Waals surface area contributed by atoms with Crippen molar-refractivity contribution in [3.05, 3.63) is 41.7 Å². The van der Waals surface area contributed by atoms with Crippen LogP contribution in [0.5, 0.6) is 0 Å². The molecule has 21 heavy (non-hydrogen) atoms. The predicted molar refractivity (Wildman–Crippen MR) is 80.8 cm³/mol. The minimum absolute atomic E-state index is 0.0693. The second-order valence-electron chi connectivity index (χ2n) is 4.94. The third-order valence-electron chi connectivity index (χ3n) is 3.31. The maximum Gasteiger partial charge on any atom is 0.175 e. The summed E-state index contributed by atoms with van der Waals surface area (Å²) in [6, 6.07) is 6.83. The zero-order valence-electron chi connectivity index (χ0n) is 12.4. The molecule has 0 aliphatic rings. The van der Waals surface area contributed by atoms with Gasteiger partial charge in [0.2, 0.25) is 0 Å². The van der Waals surface area contributed by atoms with Crippen molar-refractivity contribution in [2.24, 2.45) is 0 Å². The number of nitrogens with zero attached hydrogens (tertiary/aromatic N) is 3. The van der Waals surface area contributed by atoms with Crippen LogP contribution in [-0.2, 0) is 16.4 Å². The minimum Gasteiger partial charge on any atom is -0.308 e. The van der Waals surface area contributed by atoms with E-state index in [1.807, 2.05) is 23.9 Å². The molecule has 1 aromatic heterocycles. The van der Waals surface area contributed by atoms with Crippen LogP contribution in [0.1, 0.15) is 30.6 Å². The Balaban J connectivity index is 2.35. The van der Waals surface area contributed by atoms with E-state index in [1.165, 1.54) is 6.26 Å². The number of sulfone groups is 1. The minimum atomic E-state index is -3.17. The van der Waals surface area contributed by atoms with Crippen LogP contribution in [-0.4, -0.2) is 36.7 Å². The van der Waals surface area contributed by atoms with Crippen LogP contribution in [0.2, 0.25) is 0 Å². The highest BCUT2D eigenvalue weighted by Crippen LogP contribution is 2.22. The van der Waals surface area contributed by atoms with E-state index in [-0.39, 0.29) is 6.04 Å². The van der Waals surface area contributed by atoms with Gasteiger partial charge in [0, 0.05) is 12.8 Å². The summed E-state index contributed by atoms with van der Waals surface area (Å²) in [5, 5.41) is 11.3. The molecule has 7 heteroatoms. The molecule has 114 valence electrons. The summed E-state index contributed by atoms with van der Waals surface area (Å²) in [6.45, 7) is 2.88. The van der Waals surface area contributed by atoms with Crippen molar-refractivity contribution in [2.45, 2.75) is 30.8 Å². The highest BCUT2D eigenvalue weighted by Gasteiger charge is 2.18. The van der Waals surface area contributed by atoms with Crippen LogP contribution in [0.15, 0.2) is 35.4 Å². The van der Waals surface area contributed by atoms with E-state index in [4.69, 9.17) is 0 Å². The van der Waals surface area contributed by atoms with Crippen molar-refractivity contribution in [2.75, 3.05) is 13.3 Å². The Morgan fingerprint density at radius 2 is 1.95 bits per heavy atom. The van der Waals surface area contributed by atoms with Gasteiger partial charge in [0.05, 0.1) is 22.8 Å². The topological polar surface area (TPSA) is 76.9 Å². The summed E-state index contributed by atoms with van der Waals surface area (Å²) < 4.78 is 24.9. The lowest BCUT2D eigenvalue weighted by Crippen LogP contribution is -2.21. The molecular formula is C14H20N4O2S. The molecule has 0 saturated heterocycles. The van der Waals surface area contributed by atoms with Gasteiger partial charge in [0.15, 0.2) is 9.84 Å². The van der Waals surface area contributed by atoms with Gasteiger partial charge in [0.1, 0.15) is 0 Å². The van der Waals surface area contributed by atoms with Gasteiger partial charge in [-0.3, -0.25) is 0 Å². The number of rotatable bonds is 6. The molecule has 1 N–H and O–H groups in total. The maximum atomic E-state index is 11.5. The maximum absolute atomic E-state index is 11.5. The van der Waals surface area contributed by atoms with Crippen molar-refractivity contribution in [3.63, 3.8) is 0 Å². The van der Waals surface area contributed by atoms with Gasteiger partial charge >= 0.3 is 0 Å². The van der Waals surface area contributed by atoms with Crippen molar-refractivity contribution in [1.29, 1.82) is 0 Å².